The Bertz CT molecular complexity index is 1410. The quantitative estimate of drug-likeness (QED) is 0.252. The van der Waals surface area contributed by atoms with Crippen LogP contribution in [0.5, 0.6) is 5.75 Å². The highest BCUT2D eigenvalue weighted by atomic mass is 19.4. The Morgan fingerprint density at radius 1 is 1.08 bits per heavy atom. The molecule has 0 bridgehead atoms. The second-order valence-corrected chi connectivity index (χ2v) is 9.12. The topological polar surface area (TPSA) is 66.2 Å². The van der Waals surface area contributed by atoms with Crippen LogP contribution >= 0.6 is 0 Å². The summed E-state index contributed by atoms with van der Waals surface area (Å²) in [5, 5.41) is 1.07. The molecule has 0 radical (unpaired) electrons. The minimum absolute atomic E-state index is 0.302. The van der Waals surface area contributed by atoms with Crippen LogP contribution < -0.4 is 4.74 Å². The van der Waals surface area contributed by atoms with E-state index in [2.05, 4.69) is 4.98 Å². The third-order valence-electron chi connectivity index (χ3n) is 6.36. The minimum Gasteiger partial charge on any atom is -0.493 e. The van der Waals surface area contributed by atoms with Crippen molar-refractivity contribution in [2.24, 2.45) is 0 Å². The van der Waals surface area contributed by atoms with Crippen LogP contribution in [0.25, 0.3) is 22.3 Å². The first-order valence-corrected chi connectivity index (χ1v) is 12.2. The van der Waals surface area contributed by atoms with Crippen LogP contribution in [0, 0.1) is 0 Å². The fraction of sp³-hybridized carbons (Fsp3) is 0.321. The standard InChI is InChI=1S/C28H26F3N3O3/c1-18(35)36-15-13-34-12-10-19-6-9-24(16-25(19)34)37-14-11-22-17-32-27(33-26(22)20-2-3-20)21-4-7-23(8-5-21)28(29,30)31/h4-10,12,16-17,20H,2-3,11,13-15H2,1H3. The van der Waals surface area contributed by atoms with Gasteiger partial charge in [0.15, 0.2) is 5.82 Å². The fourth-order valence-corrected chi connectivity index (χ4v) is 4.29. The minimum atomic E-state index is -4.38. The van der Waals surface area contributed by atoms with E-state index in [0.29, 0.717) is 43.5 Å². The maximum Gasteiger partial charge on any atom is 0.416 e. The number of aromatic nitrogens is 3. The van der Waals surface area contributed by atoms with Gasteiger partial charge in [-0.1, -0.05) is 12.1 Å². The number of hydrogen-bond acceptors (Lipinski definition) is 5. The van der Waals surface area contributed by atoms with Gasteiger partial charge in [0.05, 0.1) is 29.9 Å². The molecule has 0 unspecified atom stereocenters. The second-order valence-electron chi connectivity index (χ2n) is 9.12. The largest absolute Gasteiger partial charge is 0.493 e. The number of halogens is 3. The summed E-state index contributed by atoms with van der Waals surface area (Å²) in [6.07, 6.45) is 2.04. The molecule has 37 heavy (non-hydrogen) atoms. The predicted octanol–water partition coefficient (Wildman–Crippen LogP) is 6.18. The predicted molar refractivity (Wildman–Crippen MR) is 132 cm³/mol. The molecular formula is C28H26F3N3O3. The van der Waals surface area contributed by atoms with Crippen molar-refractivity contribution in [2.45, 2.75) is 44.8 Å². The number of ether oxygens (including phenoxy) is 2. The number of alkyl halides is 3. The van der Waals surface area contributed by atoms with E-state index in [9.17, 15) is 18.0 Å². The van der Waals surface area contributed by atoms with Gasteiger partial charge in [-0.15, -0.1) is 0 Å². The van der Waals surface area contributed by atoms with Crippen LogP contribution in [0.15, 0.2) is 60.9 Å². The van der Waals surface area contributed by atoms with E-state index < -0.39 is 11.7 Å². The molecule has 2 aromatic heterocycles. The van der Waals surface area contributed by atoms with Crippen LogP contribution in [0.4, 0.5) is 13.2 Å². The average molecular weight is 510 g/mol. The Labute approximate surface area is 212 Å². The van der Waals surface area contributed by atoms with Gasteiger partial charge in [-0.3, -0.25) is 4.79 Å². The SMILES string of the molecule is CC(=O)OCCn1ccc2ccc(OCCc3cnc(-c4ccc(C(F)(F)F)cc4)nc3C3CC3)cc21. The van der Waals surface area contributed by atoms with Gasteiger partial charge >= 0.3 is 12.1 Å². The van der Waals surface area contributed by atoms with Crippen molar-refractivity contribution in [3.63, 3.8) is 0 Å². The first-order valence-electron chi connectivity index (χ1n) is 12.2. The molecule has 6 nitrogen and oxygen atoms in total. The van der Waals surface area contributed by atoms with Crippen LogP contribution in [-0.4, -0.2) is 33.7 Å². The van der Waals surface area contributed by atoms with Crippen molar-refractivity contribution >= 4 is 16.9 Å². The molecule has 1 aliphatic carbocycles. The Morgan fingerprint density at radius 2 is 1.86 bits per heavy atom. The Morgan fingerprint density at radius 3 is 2.57 bits per heavy atom. The highest BCUT2D eigenvalue weighted by Gasteiger charge is 2.31. The highest BCUT2D eigenvalue weighted by Crippen LogP contribution is 2.41. The van der Waals surface area contributed by atoms with Gasteiger partial charge in [0, 0.05) is 43.3 Å². The summed E-state index contributed by atoms with van der Waals surface area (Å²) in [5.74, 6) is 1.21. The number of carbonyl (C=O) groups is 1. The number of fused-ring (bicyclic) bond motifs is 1. The van der Waals surface area contributed by atoms with Gasteiger partial charge in [0.1, 0.15) is 12.4 Å². The lowest BCUT2D eigenvalue weighted by Crippen LogP contribution is -2.08. The van der Waals surface area contributed by atoms with Crippen LogP contribution in [-0.2, 0) is 28.7 Å². The van der Waals surface area contributed by atoms with Crippen molar-refractivity contribution in [1.82, 2.24) is 14.5 Å². The van der Waals surface area contributed by atoms with Crippen LogP contribution in [0.2, 0.25) is 0 Å². The summed E-state index contributed by atoms with van der Waals surface area (Å²) in [5.41, 5.74) is 2.80. The summed E-state index contributed by atoms with van der Waals surface area (Å²) in [6.45, 7) is 2.68. The first-order chi connectivity index (χ1) is 17.8. The average Bonchev–Trinajstić information content (AvgIpc) is 3.65. The Balaban J connectivity index is 1.26. The number of benzene rings is 2. The van der Waals surface area contributed by atoms with Gasteiger partial charge in [-0.05, 0) is 54.1 Å². The third-order valence-corrected chi connectivity index (χ3v) is 6.36. The summed E-state index contributed by atoms with van der Waals surface area (Å²) in [6, 6.07) is 12.8. The molecular weight excluding hydrogens is 483 g/mol. The summed E-state index contributed by atoms with van der Waals surface area (Å²) >= 11 is 0. The van der Waals surface area contributed by atoms with Gasteiger partial charge in [-0.2, -0.15) is 13.2 Å². The molecule has 9 heteroatoms. The maximum atomic E-state index is 12.9. The van der Waals surface area contributed by atoms with E-state index in [1.807, 2.05) is 35.0 Å². The molecule has 0 amide bonds. The van der Waals surface area contributed by atoms with Gasteiger partial charge in [0.2, 0.25) is 0 Å². The zero-order valence-electron chi connectivity index (χ0n) is 20.3. The molecule has 5 rings (SSSR count). The lowest BCUT2D eigenvalue weighted by Gasteiger charge is -2.12. The Hall–Kier alpha value is -3.88. The first kappa shape index (κ1) is 24.8. The molecule has 0 N–H and O–H groups in total. The molecule has 1 aliphatic rings. The van der Waals surface area contributed by atoms with E-state index in [4.69, 9.17) is 14.5 Å². The number of carbonyl (C=O) groups excluding carboxylic acids is 1. The second kappa shape index (κ2) is 10.2. The highest BCUT2D eigenvalue weighted by molar-refractivity contribution is 5.81. The monoisotopic (exact) mass is 509 g/mol. The van der Waals surface area contributed by atoms with E-state index >= 15 is 0 Å². The third kappa shape index (κ3) is 5.93. The van der Waals surface area contributed by atoms with E-state index in [-0.39, 0.29) is 5.97 Å². The van der Waals surface area contributed by atoms with Crippen molar-refractivity contribution in [2.75, 3.05) is 13.2 Å². The molecule has 0 aliphatic heterocycles. The van der Waals surface area contributed by atoms with Crippen molar-refractivity contribution in [3.05, 3.63) is 77.7 Å². The van der Waals surface area contributed by atoms with Crippen molar-refractivity contribution in [1.29, 1.82) is 0 Å². The number of esters is 1. The number of nitrogens with zero attached hydrogens (tertiary/aromatic N) is 3. The summed E-state index contributed by atoms with van der Waals surface area (Å²) in [7, 11) is 0. The van der Waals surface area contributed by atoms with E-state index in [0.717, 1.165) is 52.9 Å². The molecule has 1 fully saturated rings. The van der Waals surface area contributed by atoms with Crippen molar-refractivity contribution in [3.8, 4) is 17.1 Å². The molecule has 0 atom stereocenters. The molecule has 192 valence electrons. The van der Waals surface area contributed by atoms with Gasteiger partial charge in [0.25, 0.3) is 0 Å². The van der Waals surface area contributed by atoms with E-state index in [1.54, 1.807) is 6.20 Å². The molecule has 2 aromatic carbocycles. The van der Waals surface area contributed by atoms with Gasteiger partial charge in [-0.25, -0.2) is 9.97 Å². The van der Waals surface area contributed by atoms with Crippen LogP contribution in [0.1, 0.15) is 42.5 Å². The maximum absolute atomic E-state index is 12.9. The Kier molecular flexibility index (Phi) is 6.86. The van der Waals surface area contributed by atoms with Crippen LogP contribution in [0.3, 0.4) is 0 Å². The zero-order chi connectivity index (χ0) is 26.0. The summed E-state index contributed by atoms with van der Waals surface area (Å²) < 4.78 is 51.8. The lowest BCUT2D eigenvalue weighted by atomic mass is 10.1. The zero-order valence-corrected chi connectivity index (χ0v) is 20.3. The molecule has 4 aromatic rings. The van der Waals surface area contributed by atoms with E-state index in [1.165, 1.54) is 19.1 Å². The fourth-order valence-electron chi connectivity index (χ4n) is 4.29. The normalized spacial score (nSPS) is 13.6. The molecule has 0 spiro atoms. The number of rotatable bonds is 9. The smallest absolute Gasteiger partial charge is 0.416 e. The lowest BCUT2D eigenvalue weighted by molar-refractivity contribution is -0.141. The summed E-state index contributed by atoms with van der Waals surface area (Å²) in [4.78, 5) is 20.2. The molecule has 0 saturated heterocycles. The van der Waals surface area contributed by atoms with Crippen molar-refractivity contribution < 1.29 is 27.4 Å². The molecule has 1 saturated carbocycles. The number of hydrogen-bond donors (Lipinski definition) is 0. The molecule has 2 heterocycles. The van der Waals surface area contributed by atoms with Gasteiger partial charge < -0.3 is 14.0 Å².